The van der Waals surface area contributed by atoms with Gasteiger partial charge in [-0.15, -0.1) is 0 Å². The Morgan fingerprint density at radius 2 is 1.67 bits per heavy atom. The SMILES string of the molecule is Cc1cc(C)cc(P(=O)([O-])O)c1. The molecule has 66 valence electrons. The lowest BCUT2D eigenvalue weighted by atomic mass is 10.2. The molecule has 0 amide bonds. The third-order valence-electron chi connectivity index (χ3n) is 1.53. The lowest BCUT2D eigenvalue weighted by Gasteiger charge is -2.16. The monoisotopic (exact) mass is 185 g/mol. The molecule has 1 rings (SSSR count). The maximum Gasteiger partial charge on any atom is 0.162 e. The highest BCUT2D eigenvalue weighted by atomic mass is 31.2. The summed E-state index contributed by atoms with van der Waals surface area (Å²) in [6, 6.07) is 4.74. The molecule has 0 heterocycles. The summed E-state index contributed by atoms with van der Waals surface area (Å²) < 4.78 is 10.7. The molecule has 1 atom stereocenters. The van der Waals surface area contributed by atoms with Crippen molar-refractivity contribution in [3.8, 4) is 0 Å². The topological polar surface area (TPSA) is 60.4 Å². The highest BCUT2D eigenvalue weighted by Crippen LogP contribution is 2.28. The van der Waals surface area contributed by atoms with Crippen molar-refractivity contribution in [2.75, 3.05) is 0 Å². The largest absolute Gasteiger partial charge is 0.775 e. The zero-order chi connectivity index (χ0) is 9.35. The number of rotatable bonds is 1. The van der Waals surface area contributed by atoms with E-state index < -0.39 is 7.60 Å². The molecular weight excluding hydrogens is 175 g/mol. The Labute approximate surface area is 71.2 Å². The van der Waals surface area contributed by atoms with Gasteiger partial charge in [-0.1, -0.05) is 17.2 Å². The fourth-order valence-corrected chi connectivity index (χ4v) is 1.85. The Hall–Kier alpha value is -0.630. The molecule has 0 bridgehead atoms. The van der Waals surface area contributed by atoms with Crippen molar-refractivity contribution < 1.29 is 14.4 Å². The first-order valence-electron chi connectivity index (χ1n) is 3.52. The van der Waals surface area contributed by atoms with Gasteiger partial charge in [-0.25, -0.2) is 0 Å². The van der Waals surface area contributed by atoms with Crippen LogP contribution in [0.2, 0.25) is 0 Å². The standard InChI is InChI=1S/C8H11O3P/c1-6-3-7(2)5-8(4-6)12(9,10)11/h3-5H,1-2H3,(H2,9,10,11)/p-1. The first-order valence-corrected chi connectivity index (χ1v) is 5.10. The normalized spacial score (nSPS) is 15.7. The van der Waals surface area contributed by atoms with Crippen LogP contribution in [0.3, 0.4) is 0 Å². The van der Waals surface area contributed by atoms with Gasteiger partial charge in [0.05, 0.1) is 0 Å². The molecule has 0 aromatic heterocycles. The van der Waals surface area contributed by atoms with Gasteiger partial charge in [-0.2, -0.15) is 0 Å². The smallest absolute Gasteiger partial charge is 0.162 e. The molecule has 0 saturated carbocycles. The number of benzene rings is 1. The van der Waals surface area contributed by atoms with Gasteiger partial charge >= 0.3 is 0 Å². The van der Waals surface area contributed by atoms with E-state index in [0.29, 0.717) is 0 Å². The molecule has 1 unspecified atom stereocenters. The van der Waals surface area contributed by atoms with E-state index in [1.54, 1.807) is 13.8 Å². The molecule has 0 fully saturated rings. The Balaban J connectivity index is 3.27. The van der Waals surface area contributed by atoms with Gasteiger partial charge in [0.1, 0.15) is 0 Å². The van der Waals surface area contributed by atoms with Crippen molar-refractivity contribution in [2.24, 2.45) is 0 Å². The van der Waals surface area contributed by atoms with Gasteiger partial charge in [0.15, 0.2) is 7.60 Å². The van der Waals surface area contributed by atoms with Crippen molar-refractivity contribution in [2.45, 2.75) is 13.8 Å². The summed E-state index contributed by atoms with van der Waals surface area (Å²) >= 11 is 0. The lowest BCUT2D eigenvalue weighted by molar-refractivity contribution is -0.188. The fourth-order valence-electron chi connectivity index (χ4n) is 1.11. The van der Waals surface area contributed by atoms with E-state index in [-0.39, 0.29) is 5.30 Å². The maximum absolute atomic E-state index is 10.7. The Kier molecular flexibility index (Phi) is 2.38. The third-order valence-corrected chi connectivity index (χ3v) is 2.44. The predicted octanol–water partition coefficient (Wildman–Crippen LogP) is 0.474. The quantitative estimate of drug-likeness (QED) is 0.647. The molecule has 0 saturated heterocycles. The number of hydrogen-bond acceptors (Lipinski definition) is 2. The molecule has 0 radical (unpaired) electrons. The van der Waals surface area contributed by atoms with Crippen LogP contribution in [-0.4, -0.2) is 4.89 Å². The first-order chi connectivity index (χ1) is 5.39. The second-order valence-electron chi connectivity index (χ2n) is 2.87. The van der Waals surface area contributed by atoms with Crippen LogP contribution in [-0.2, 0) is 4.57 Å². The van der Waals surface area contributed by atoms with Crippen molar-refractivity contribution in [1.29, 1.82) is 0 Å². The van der Waals surface area contributed by atoms with Crippen LogP contribution in [0.15, 0.2) is 18.2 Å². The summed E-state index contributed by atoms with van der Waals surface area (Å²) in [4.78, 5) is 19.5. The second-order valence-corrected chi connectivity index (χ2v) is 4.42. The predicted molar refractivity (Wildman–Crippen MR) is 45.4 cm³/mol. The van der Waals surface area contributed by atoms with Crippen LogP contribution in [0.5, 0.6) is 0 Å². The van der Waals surface area contributed by atoms with Crippen LogP contribution in [0.1, 0.15) is 11.1 Å². The minimum Gasteiger partial charge on any atom is -0.775 e. The molecule has 0 aliphatic heterocycles. The van der Waals surface area contributed by atoms with Gasteiger partial charge < -0.3 is 14.4 Å². The minimum absolute atomic E-state index is 0.0139. The molecule has 3 nitrogen and oxygen atoms in total. The molecular formula is C8H10O3P-. The van der Waals surface area contributed by atoms with E-state index in [2.05, 4.69) is 0 Å². The molecule has 1 aromatic rings. The third kappa shape index (κ3) is 2.18. The van der Waals surface area contributed by atoms with E-state index in [9.17, 15) is 9.46 Å². The van der Waals surface area contributed by atoms with Crippen LogP contribution < -0.4 is 10.2 Å². The molecule has 1 N–H and O–H groups in total. The summed E-state index contributed by atoms with van der Waals surface area (Å²) in [7, 11) is -4.32. The van der Waals surface area contributed by atoms with Crippen molar-refractivity contribution in [3.05, 3.63) is 29.3 Å². The molecule has 1 aromatic carbocycles. The molecule has 12 heavy (non-hydrogen) atoms. The van der Waals surface area contributed by atoms with E-state index in [1.807, 2.05) is 6.07 Å². The summed E-state index contributed by atoms with van der Waals surface area (Å²) in [5.74, 6) is 0. The fraction of sp³-hybridized carbons (Fsp3) is 0.250. The zero-order valence-corrected chi connectivity index (χ0v) is 7.84. The highest BCUT2D eigenvalue weighted by Gasteiger charge is 2.06. The van der Waals surface area contributed by atoms with Crippen LogP contribution in [0.4, 0.5) is 0 Å². The van der Waals surface area contributed by atoms with Crippen molar-refractivity contribution >= 4 is 12.9 Å². The lowest BCUT2D eigenvalue weighted by Crippen LogP contribution is -2.14. The average molecular weight is 185 g/mol. The molecule has 4 heteroatoms. The van der Waals surface area contributed by atoms with E-state index in [0.717, 1.165) is 11.1 Å². The molecule has 0 aliphatic carbocycles. The Morgan fingerprint density at radius 1 is 1.25 bits per heavy atom. The Bertz CT molecular complexity index is 320. The van der Waals surface area contributed by atoms with Gasteiger partial charge in [-0.3, -0.25) is 0 Å². The van der Waals surface area contributed by atoms with E-state index in [1.165, 1.54) is 12.1 Å². The minimum atomic E-state index is -4.32. The molecule has 0 spiro atoms. The van der Waals surface area contributed by atoms with Gasteiger partial charge in [0, 0.05) is 5.30 Å². The first kappa shape index (κ1) is 9.46. The summed E-state index contributed by atoms with van der Waals surface area (Å²) in [5.41, 5.74) is 1.66. The van der Waals surface area contributed by atoms with Gasteiger partial charge in [0.25, 0.3) is 0 Å². The Morgan fingerprint density at radius 3 is 2.00 bits per heavy atom. The van der Waals surface area contributed by atoms with Gasteiger partial charge in [0.2, 0.25) is 0 Å². The zero-order valence-electron chi connectivity index (χ0n) is 6.94. The van der Waals surface area contributed by atoms with E-state index in [4.69, 9.17) is 4.89 Å². The van der Waals surface area contributed by atoms with Crippen LogP contribution in [0.25, 0.3) is 0 Å². The van der Waals surface area contributed by atoms with Crippen molar-refractivity contribution in [1.82, 2.24) is 0 Å². The number of hydrogen-bond donors (Lipinski definition) is 1. The van der Waals surface area contributed by atoms with Crippen LogP contribution >= 0.6 is 7.60 Å². The van der Waals surface area contributed by atoms with Crippen LogP contribution in [0, 0.1) is 13.8 Å². The summed E-state index contributed by atoms with van der Waals surface area (Å²) in [6.45, 7) is 3.57. The highest BCUT2D eigenvalue weighted by molar-refractivity contribution is 7.58. The average Bonchev–Trinajstić information content (AvgIpc) is 1.82. The van der Waals surface area contributed by atoms with Gasteiger partial charge in [-0.05, 0) is 26.0 Å². The summed E-state index contributed by atoms with van der Waals surface area (Å²) in [5, 5.41) is -0.0139. The number of aryl methyl sites for hydroxylation is 2. The second kappa shape index (κ2) is 3.02. The summed E-state index contributed by atoms with van der Waals surface area (Å²) in [6.07, 6.45) is 0. The van der Waals surface area contributed by atoms with E-state index >= 15 is 0 Å². The maximum atomic E-state index is 10.7. The molecule has 0 aliphatic rings. The van der Waals surface area contributed by atoms with Crippen molar-refractivity contribution in [3.63, 3.8) is 0 Å².